The van der Waals surface area contributed by atoms with E-state index >= 15 is 0 Å². The molecule has 0 saturated heterocycles. The topological polar surface area (TPSA) is 61.0 Å². The molecule has 2 aromatic carbocycles. The minimum atomic E-state index is -4.47. The van der Waals surface area contributed by atoms with E-state index in [-0.39, 0.29) is 17.1 Å². The molecule has 3 aromatic rings. The molecular formula is C19H15F4N3O. The molecule has 0 spiro atoms. The molecule has 2 N–H and O–H groups in total. The number of nitrogens with zero attached hydrogens (tertiary/aromatic N) is 2. The lowest BCUT2D eigenvalue weighted by Crippen LogP contribution is -2.19. The van der Waals surface area contributed by atoms with Crippen molar-refractivity contribution in [2.45, 2.75) is 13.1 Å². The van der Waals surface area contributed by atoms with Gasteiger partial charge in [0.25, 0.3) is 0 Å². The van der Waals surface area contributed by atoms with Gasteiger partial charge in [-0.05, 0) is 36.8 Å². The number of aryl methyl sites for hydroxylation is 1. The summed E-state index contributed by atoms with van der Waals surface area (Å²) in [6.45, 7) is 0.358. The van der Waals surface area contributed by atoms with Crippen LogP contribution in [-0.2, 0) is 0 Å². The number of halogens is 4. The minimum Gasteiger partial charge on any atom is -0.483 e. The van der Waals surface area contributed by atoms with Gasteiger partial charge in [0, 0.05) is 11.1 Å². The van der Waals surface area contributed by atoms with Crippen molar-refractivity contribution in [1.29, 1.82) is 0 Å². The van der Waals surface area contributed by atoms with Crippen LogP contribution in [0.3, 0.4) is 0 Å². The number of aromatic nitrogens is 2. The number of hydrogen-bond donors (Lipinski definition) is 1. The number of ether oxygens (including phenoxy) is 1. The molecule has 0 amide bonds. The van der Waals surface area contributed by atoms with E-state index in [0.29, 0.717) is 16.8 Å². The molecule has 4 nitrogen and oxygen atoms in total. The van der Waals surface area contributed by atoms with Crippen molar-refractivity contribution in [2.75, 3.05) is 12.3 Å². The summed E-state index contributed by atoms with van der Waals surface area (Å²) < 4.78 is 56.9. The van der Waals surface area contributed by atoms with E-state index in [9.17, 15) is 17.6 Å². The Bertz CT molecular complexity index is 956. The van der Waals surface area contributed by atoms with Crippen LogP contribution in [0.15, 0.2) is 48.8 Å². The van der Waals surface area contributed by atoms with Crippen molar-refractivity contribution in [3.63, 3.8) is 0 Å². The summed E-state index contributed by atoms with van der Waals surface area (Å²) in [7, 11) is 0. The normalized spacial score (nSPS) is 11.4. The molecular weight excluding hydrogens is 362 g/mol. The fraction of sp³-hybridized carbons (Fsp3) is 0.158. The number of nitrogens with two attached hydrogens (primary N) is 1. The van der Waals surface area contributed by atoms with Gasteiger partial charge in [-0.15, -0.1) is 0 Å². The predicted octanol–water partition coefficient (Wildman–Crippen LogP) is 4.78. The average Bonchev–Trinajstić information content (AvgIpc) is 2.61. The molecule has 0 atom stereocenters. The highest BCUT2D eigenvalue weighted by Crippen LogP contribution is 2.34. The van der Waals surface area contributed by atoms with Gasteiger partial charge in [0.1, 0.15) is 17.4 Å². The number of nitrogen functional groups attached to an aromatic ring is 1. The first-order chi connectivity index (χ1) is 12.7. The van der Waals surface area contributed by atoms with Crippen LogP contribution in [-0.4, -0.2) is 22.8 Å². The third kappa shape index (κ3) is 4.52. The van der Waals surface area contributed by atoms with Crippen LogP contribution < -0.4 is 10.5 Å². The summed E-state index contributed by atoms with van der Waals surface area (Å²) in [6.07, 6.45) is -1.81. The predicted molar refractivity (Wildman–Crippen MR) is 93.6 cm³/mol. The molecule has 8 heteroatoms. The fourth-order valence-electron chi connectivity index (χ4n) is 2.52. The minimum absolute atomic E-state index is 0.0253. The van der Waals surface area contributed by atoms with E-state index in [1.165, 1.54) is 30.6 Å². The molecule has 0 fully saturated rings. The van der Waals surface area contributed by atoms with Gasteiger partial charge in [0.15, 0.2) is 6.61 Å². The van der Waals surface area contributed by atoms with E-state index in [2.05, 4.69) is 9.97 Å². The maximum absolute atomic E-state index is 14.6. The first kappa shape index (κ1) is 18.6. The Morgan fingerprint density at radius 2 is 1.78 bits per heavy atom. The van der Waals surface area contributed by atoms with Crippen LogP contribution in [0.4, 0.5) is 23.4 Å². The third-order valence-corrected chi connectivity index (χ3v) is 3.75. The van der Waals surface area contributed by atoms with Crippen molar-refractivity contribution in [2.24, 2.45) is 0 Å². The molecule has 0 aliphatic carbocycles. The van der Waals surface area contributed by atoms with Crippen LogP contribution in [0, 0.1) is 12.7 Å². The highest BCUT2D eigenvalue weighted by molar-refractivity contribution is 5.74. The van der Waals surface area contributed by atoms with Gasteiger partial charge >= 0.3 is 6.18 Å². The Hall–Kier alpha value is -3.16. The molecule has 0 bridgehead atoms. The van der Waals surface area contributed by atoms with Gasteiger partial charge < -0.3 is 10.5 Å². The zero-order valence-corrected chi connectivity index (χ0v) is 14.2. The zero-order valence-electron chi connectivity index (χ0n) is 14.2. The summed E-state index contributed by atoms with van der Waals surface area (Å²) in [4.78, 5) is 7.90. The van der Waals surface area contributed by atoms with E-state index < -0.39 is 18.6 Å². The molecule has 0 radical (unpaired) electrons. The molecule has 1 aromatic heterocycles. The Morgan fingerprint density at radius 1 is 1.00 bits per heavy atom. The van der Waals surface area contributed by atoms with Crippen LogP contribution in [0.2, 0.25) is 0 Å². The van der Waals surface area contributed by atoms with E-state index in [1.807, 2.05) is 0 Å². The Labute approximate surface area is 152 Å². The summed E-state index contributed by atoms with van der Waals surface area (Å²) >= 11 is 0. The summed E-state index contributed by atoms with van der Waals surface area (Å²) in [5.74, 6) is -0.353. The van der Waals surface area contributed by atoms with Gasteiger partial charge in [-0.1, -0.05) is 17.7 Å². The summed E-state index contributed by atoms with van der Waals surface area (Å²) in [5.41, 5.74) is 7.54. The molecule has 1 heterocycles. The van der Waals surface area contributed by atoms with Gasteiger partial charge in [-0.2, -0.15) is 13.2 Å². The molecule has 3 rings (SSSR count). The highest BCUT2D eigenvalue weighted by Gasteiger charge is 2.29. The number of rotatable bonds is 4. The number of hydrogen-bond acceptors (Lipinski definition) is 4. The third-order valence-electron chi connectivity index (χ3n) is 3.75. The van der Waals surface area contributed by atoms with Crippen LogP contribution >= 0.6 is 0 Å². The van der Waals surface area contributed by atoms with Gasteiger partial charge in [0.2, 0.25) is 0 Å². The maximum Gasteiger partial charge on any atom is 0.422 e. The first-order valence-corrected chi connectivity index (χ1v) is 7.91. The Balaban J connectivity index is 1.98. The number of benzene rings is 2. The van der Waals surface area contributed by atoms with Crippen molar-refractivity contribution in [1.82, 2.24) is 9.97 Å². The van der Waals surface area contributed by atoms with E-state index in [0.717, 1.165) is 5.56 Å². The van der Waals surface area contributed by atoms with Gasteiger partial charge in [0.05, 0.1) is 18.1 Å². The SMILES string of the molecule is Cc1ccc(OCC(F)(F)F)c(-c2ccc(-c3cnc(N)cn3)c(F)c2)c1. The van der Waals surface area contributed by atoms with Crippen LogP contribution in [0.1, 0.15) is 5.56 Å². The molecule has 0 aliphatic heterocycles. The second-order valence-corrected chi connectivity index (χ2v) is 5.92. The van der Waals surface area contributed by atoms with E-state index in [4.69, 9.17) is 10.5 Å². The quantitative estimate of drug-likeness (QED) is 0.665. The molecule has 0 saturated carbocycles. The second kappa shape index (κ2) is 7.22. The lowest BCUT2D eigenvalue weighted by atomic mass is 10.00. The second-order valence-electron chi connectivity index (χ2n) is 5.92. The fourth-order valence-corrected chi connectivity index (χ4v) is 2.52. The van der Waals surface area contributed by atoms with Crippen LogP contribution in [0.5, 0.6) is 5.75 Å². The van der Waals surface area contributed by atoms with Gasteiger partial charge in [-0.3, -0.25) is 4.98 Å². The average molecular weight is 377 g/mol. The zero-order chi connectivity index (χ0) is 19.6. The number of anilines is 1. The van der Waals surface area contributed by atoms with Crippen molar-refractivity contribution in [3.05, 3.63) is 60.2 Å². The lowest BCUT2D eigenvalue weighted by Gasteiger charge is -2.15. The lowest BCUT2D eigenvalue weighted by molar-refractivity contribution is -0.153. The Kier molecular flexibility index (Phi) is 4.98. The van der Waals surface area contributed by atoms with E-state index in [1.54, 1.807) is 25.1 Å². The smallest absolute Gasteiger partial charge is 0.422 e. The summed E-state index contributed by atoms with van der Waals surface area (Å²) in [5, 5.41) is 0. The van der Waals surface area contributed by atoms with Crippen molar-refractivity contribution < 1.29 is 22.3 Å². The summed E-state index contributed by atoms with van der Waals surface area (Å²) in [6, 6.07) is 9.01. The first-order valence-electron chi connectivity index (χ1n) is 7.91. The molecule has 0 aliphatic rings. The monoisotopic (exact) mass is 377 g/mol. The largest absolute Gasteiger partial charge is 0.483 e. The highest BCUT2D eigenvalue weighted by atomic mass is 19.4. The standard InChI is InChI=1S/C19H15F4N3O/c1-11-2-5-17(27-10-19(21,22)23)14(6-11)12-3-4-13(15(20)7-12)16-8-26-18(24)9-25-16/h2-9H,10H2,1H3,(H2,24,26). The van der Waals surface area contributed by atoms with Gasteiger partial charge in [-0.25, -0.2) is 9.37 Å². The maximum atomic E-state index is 14.6. The van der Waals surface area contributed by atoms with Crippen LogP contribution in [0.25, 0.3) is 22.4 Å². The molecule has 0 unspecified atom stereocenters. The molecule has 140 valence electrons. The van der Waals surface area contributed by atoms with Crippen molar-refractivity contribution >= 4 is 5.82 Å². The Morgan fingerprint density at radius 3 is 2.41 bits per heavy atom. The number of alkyl halides is 3. The van der Waals surface area contributed by atoms with Crippen molar-refractivity contribution in [3.8, 4) is 28.1 Å². The molecule has 27 heavy (non-hydrogen) atoms.